The largest absolute Gasteiger partial charge is 0.475 e. The van der Waals surface area contributed by atoms with E-state index in [0.29, 0.717) is 37.1 Å². The number of piperidine rings is 1. The number of amides is 1. The number of rotatable bonds is 3. The van der Waals surface area contributed by atoms with E-state index in [1.54, 1.807) is 0 Å². The van der Waals surface area contributed by atoms with E-state index in [-0.39, 0.29) is 0 Å². The van der Waals surface area contributed by atoms with E-state index in [4.69, 9.17) is 14.4 Å². The quantitative estimate of drug-likeness (QED) is 0.932. The van der Waals surface area contributed by atoms with Crippen LogP contribution < -0.4 is 4.74 Å². The number of carboxylic acid groups (broad SMARTS) is 1. The van der Waals surface area contributed by atoms with Crippen LogP contribution in [-0.4, -0.2) is 41.0 Å². The highest BCUT2D eigenvalue weighted by Crippen LogP contribution is 2.26. The Morgan fingerprint density at radius 3 is 2.90 bits per heavy atom. The van der Waals surface area contributed by atoms with Crippen LogP contribution in [0.1, 0.15) is 12.8 Å². The smallest absolute Gasteiger partial charge is 0.407 e. The molecule has 0 saturated carbocycles. The van der Waals surface area contributed by atoms with Crippen LogP contribution in [0.15, 0.2) is 28.8 Å². The third-order valence-corrected chi connectivity index (χ3v) is 3.69. The summed E-state index contributed by atoms with van der Waals surface area (Å²) in [6.45, 7) is 1.69. The summed E-state index contributed by atoms with van der Waals surface area (Å²) in [6.07, 6.45) is 0.802. The average molecular weight is 276 g/mol. The predicted octanol–water partition coefficient (Wildman–Crippen LogP) is 2.60. The van der Waals surface area contributed by atoms with Gasteiger partial charge in [0.2, 0.25) is 0 Å². The molecule has 1 fully saturated rings. The Morgan fingerprint density at radius 2 is 2.15 bits per heavy atom. The second-order valence-corrected chi connectivity index (χ2v) is 5.01. The molecule has 0 spiro atoms. The van der Waals surface area contributed by atoms with Crippen LogP contribution in [0.25, 0.3) is 11.0 Å². The van der Waals surface area contributed by atoms with Crippen LogP contribution in [0.5, 0.6) is 5.88 Å². The first-order chi connectivity index (χ1) is 9.74. The monoisotopic (exact) mass is 276 g/mol. The van der Waals surface area contributed by atoms with Gasteiger partial charge in [0.05, 0.1) is 12.0 Å². The number of fused-ring (bicyclic) bond motifs is 1. The summed E-state index contributed by atoms with van der Waals surface area (Å²) in [7, 11) is 0. The van der Waals surface area contributed by atoms with Crippen molar-refractivity contribution in [1.29, 1.82) is 0 Å². The van der Waals surface area contributed by atoms with Gasteiger partial charge in [0.25, 0.3) is 5.88 Å². The number of ether oxygens (including phenoxy) is 1. The fourth-order valence-corrected chi connectivity index (χ4v) is 2.45. The Labute approximate surface area is 115 Å². The minimum Gasteiger partial charge on any atom is -0.475 e. The average Bonchev–Trinajstić information content (AvgIpc) is 2.89. The van der Waals surface area contributed by atoms with Crippen LogP contribution in [0.2, 0.25) is 0 Å². The number of para-hydroxylation sites is 1. The number of benzene rings is 1. The molecule has 6 nitrogen and oxygen atoms in total. The van der Waals surface area contributed by atoms with Gasteiger partial charge in [-0.15, -0.1) is 0 Å². The van der Waals surface area contributed by atoms with Crippen molar-refractivity contribution in [3.05, 3.63) is 24.3 Å². The summed E-state index contributed by atoms with van der Waals surface area (Å²) >= 11 is 0. The van der Waals surface area contributed by atoms with Gasteiger partial charge in [-0.1, -0.05) is 12.1 Å². The van der Waals surface area contributed by atoms with Crippen molar-refractivity contribution in [2.45, 2.75) is 12.8 Å². The summed E-state index contributed by atoms with van der Waals surface area (Å²) in [5, 5.41) is 13.7. The summed E-state index contributed by atoms with van der Waals surface area (Å²) in [6, 6.07) is 7.56. The van der Waals surface area contributed by atoms with E-state index in [2.05, 4.69) is 5.16 Å². The van der Waals surface area contributed by atoms with E-state index < -0.39 is 6.09 Å². The van der Waals surface area contributed by atoms with Gasteiger partial charge in [-0.3, -0.25) is 0 Å². The molecule has 3 rings (SSSR count). The minimum atomic E-state index is -0.841. The lowest BCUT2D eigenvalue weighted by molar-refractivity contribution is 0.110. The molecule has 0 radical (unpaired) electrons. The molecule has 1 N–H and O–H groups in total. The molecule has 0 bridgehead atoms. The fourth-order valence-electron chi connectivity index (χ4n) is 2.45. The standard InChI is InChI=1S/C14H16N2O4/c17-14(18)16-7-5-10(6-8-16)9-19-13-11-3-1-2-4-12(11)20-15-13/h1-4,10H,5-9H2,(H,17,18). The van der Waals surface area contributed by atoms with E-state index in [1.165, 1.54) is 4.90 Å². The van der Waals surface area contributed by atoms with Gasteiger partial charge >= 0.3 is 6.09 Å². The van der Waals surface area contributed by atoms with Crippen molar-refractivity contribution in [2.75, 3.05) is 19.7 Å². The first-order valence-corrected chi connectivity index (χ1v) is 6.69. The topological polar surface area (TPSA) is 75.8 Å². The summed E-state index contributed by atoms with van der Waals surface area (Å²) in [4.78, 5) is 12.3. The van der Waals surface area contributed by atoms with E-state index in [9.17, 15) is 4.79 Å². The molecular formula is C14H16N2O4. The molecule has 106 valence electrons. The zero-order valence-corrected chi connectivity index (χ0v) is 11.0. The predicted molar refractivity (Wildman–Crippen MR) is 71.8 cm³/mol. The highest BCUT2D eigenvalue weighted by atomic mass is 16.5. The number of hydrogen-bond donors (Lipinski definition) is 1. The zero-order chi connectivity index (χ0) is 13.9. The third kappa shape index (κ3) is 2.54. The van der Waals surface area contributed by atoms with E-state index in [1.807, 2.05) is 24.3 Å². The fraction of sp³-hybridized carbons (Fsp3) is 0.429. The van der Waals surface area contributed by atoms with Crippen LogP contribution in [-0.2, 0) is 0 Å². The SMILES string of the molecule is O=C(O)N1CCC(COc2noc3ccccc23)CC1. The van der Waals surface area contributed by atoms with Gasteiger partial charge in [0.15, 0.2) is 5.58 Å². The number of hydrogen-bond acceptors (Lipinski definition) is 4. The van der Waals surface area contributed by atoms with Gasteiger partial charge < -0.3 is 19.3 Å². The van der Waals surface area contributed by atoms with Crippen molar-refractivity contribution < 1.29 is 19.2 Å². The highest BCUT2D eigenvalue weighted by Gasteiger charge is 2.23. The molecule has 1 aliphatic heterocycles. The molecule has 6 heteroatoms. The molecule has 1 aromatic heterocycles. The maximum Gasteiger partial charge on any atom is 0.407 e. The van der Waals surface area contributed by atoms with Gasteiger partial charge in [-0.2, -0.15) is 0 Å². The van der Waals surface area contributed by atoms with E-state index in [0.717, 1.165) is 18.2 Å². The van der Waals surface area contributed by atoms with Gasteiger partial charge in [0, 0.05) is 13.1 Å². The van der Waals surface area contributed by atoms with Gasteiger partial charge in [-0.25, -0.2) is 4.79 Å². The first-order valence-electron chi connectivity index (χ1n) is 6.69. The van der Waals surface area contributed by atoms with Crippen LogP contribution >= 0.6 is 0 Å². The number of carbonyl (C=O) groups is 1. The maximum absolute atomic E-state index is 10.8. The zero-order valence-electron chi connectivity index (χ0n) is 11.0. The molecule has 0 atom stereocenters. The van der Waals surface area contributed by atoms with Gasteiger partial charge in [-0.05, 0) is 36.0 Å². The molecule has 1 aliphatic rings. The lowest BCUT2D eigenvalue weighted by Gasteiger charge is -2.29. The number of nitrogens with zero attached hydrogens (tertiary/aromatic N) is 2. The minimum absolute atomic E-state index is 0.362. The summed E-state index contributed by atoms with van der Waals surface area (Å²) in [5.74, 6) is 0.877. The van der Waals surface area contributed by atoms with Gasteiger partial charge in [0.1, 0.15) is 0 Å². The normalized spacial score (nSPS) is 16.5. The maximum atomic E-state index is 10.8. The second kappa shape index (κ2) is 5.40. The summed E-state index contributed by atoms with van der Waals surface area (Å²) < 4.78 is 10.9. The molecule has 1 amide bonds. The second-order valence-electron chi connectivity index (χ2n) is 5.01. The Morgan fingerprint density at radius 1 is 1.40 bits per heavy atom. The van der Waals surface area contributed by atoms with E-state index >= 15 is 0 Å². The molecular weight excluding hydrogens is 260 g/mol. The Hall–Kier alpha value is -2.24. The van der Waals surface area contributed by atoms with Crippen molar-refractivity contribution in [3.63, 3.8) is 0 Å². The molecule has 20 heavy (non-hydrogen) atoms. The molecule has 0 unspecified atom stereocenters. The van der Waals surface area contributed by atoms with Crippen LogP contribution in [0.4, 0.5) is 4.79 Å². The first kappa shape index (κ1) is 12.8. The molecule has 1 saturated heterocycles. The van der Waals surface area contributed by atoms with Crippen LogP contribution in [0.3, 0.4) is 0 Å². The molecule has 0 aliphatic carbocycles. The number of likely N-dealkylation sites (tertiary alicyclic amines) is 1. The van der Waals surface area contributed by atoms with Crippen molar-refractivity contribution in [2.24, 2.45) is 5.92 Å². The third-order valence-electron chi connectivity index (χ3n) is 3.69. The molecule has 2 heterocycles. The molecule has 1 aromatic carbocycles. The Balaban J connectivity index is 1.57. The number of aromatic nitrogens is 1. The lowest BCUT2D eigenvalue weighted by Crippen LogP contribution is -2.38. The Kier molecular flexibility index (Phi) is 3.45. The Bertz CT molecular complexity index is 602. The van der Waals surface area contributed by atoms with Crippen molar-refractivity contribution in [3.8, 4) is 5.88 Å². The highest BCUT2D eigenvalue weighted by molar-refractivity contribution is 5.81. The van der Waals surface area contributed by atoms with Crippen molar-refractivity contribution in [1.82, 2.24) is 10.1 Å². The van der Waals surface area contributed by atoms with Crippen LogP contribution in [0, 0.1) is 5.92 Å². The lowest BCUT2D eigenvalue weighted by atomic mass is 9.98. The summed E-state index contributed by atoms with van der Waals surface area (Å²) in [5.41, 5.74) is 0.711. The van der Waals surface area contributed by atoms with Crippen molar-refractivity contribution >= 4 is 17.1 Å². The molecule has 2 aromatic rings.